The highest BCUT2D eigenvalue weighted by molar-refractivity contribution is 7.14. The lowest BCUT2D eigenvalue weighted by Crippen LogP contribution is -2.23. The summed E-state index contributed by atoms with van der Waals surface area (Å²) in [4.78, 5) is 25.3. The third-order valence-corrected chi connectivity index (χ3v) is 4.79. The standard InChI is InChI=1S/C17H27NO3S/c1-4-9-14-13(5-2)12-15(22-14)17(20)18-11-8-6-7-10-16(19)21-3/h12H,4-11H2,1-3H3,(H,18,20). The fourth-order valence-corrected chi connectivity index (χ4v) is 3.55. The molecule has 0 aliphatic heterocycles. The second-order valence-corrected chi connectivity index (χ2v) is 6.44. The number of thiophene rings is 1. The maximum atomic E-state index is 12.1. The summed E-state index contributed by atoms with van der Waals surface area (Å²) in [6.45, 7) is 4.94. The molecule has 124 valence electrons. The molecule has 0 saturated carbocycles. The van der Waals surface area contributed by atoms with Crippen LogP contribution in [0.3, 0.4) is 0 Å². The third-order valence-electron chi connectivity index (χ3n) is 3.55. The minimum atomic E-state index is -0.168. The summed E-state index contributed by atoms with van der Waals surface area (Å²) >= 11 is 1.62. The maximum Gasteiger partial charge on any atom is 0.305 e. The molecule has 0 aliphatic carbocycles. The minimum Gasteiger partial charge on any atom is -0.469 e. The van der Waals surface area contributed by atoms with Gasteiger partial charge in [-0.1, -0.05) is 26.7 Å². The van der Waals surface area contributed by atoms with Crippen LogP contribution < -0.4 is 5.32 Å². The summed E-state index contributed by atoms with van der Waals surface area (Å²) < 4.78 is 4.59. The van der Waals surface area contributed by atoms with E-state index in [1.807, 2.05) is 6.07 Å². The van der Waals surface area contributed by atoms with E-state index in [2.05, 4.69) is 23.9 Å². The highest BCUT2D eigenvalue weighted by atomic mass is 32.1. The van der Waals surface area contributed by atoms with Gasteiger partial charge in [0, 0.05) is 17.8 Å². The Balaban J connectivity index is 2.32. The summed E-state index contributed by atoms with van der Waals surface area (Å²) in [7, 11) is 1.40. The molecular weight excluding hydrogens is 298 g/mol. The highest BCUT2D eigenvalue weighted by Gasteiger charge is 2.12. The summed E-state index contributed by atoms with van der Waals surface area (Å²) in [5.74, 6) is -0.145. The Hall–Kier alpha value is -1.36. The average molecular weight is 325 g/mol. The molecule has 0 aliphatic rings. The Morgan fingerprint density at radius 3 is 2.64 bits per heavy atom. The van der Waals surface area contributed by atoms with Crippen molar-refractivity contribution in [1.29, 1.82) is 0 Å². The Bertz CT molecular complexity index is 482. The first-order valence-corrected chi connectivity index (χ1v) is 8.90. The molecule has 0 fully saturated rings. The molecule has 1 aromatic rings. The average Bonchev–Trinajstić information content (AvgIpc) is 2.93. The van der Waals surface area contributed by atoms with Crippen LogP contribution in [0, 0.1) is 0 Å². The van der Waals surface area contributed by atoms with Crippen LogP contribution in [0.4, 0.5) is 0 Å². The number of carbonyl (C=O) groups excluding carboxylic acids is 2. The third kappa shape index (κ3) is 6.18. The summed E-state index contributed by atoms with van der Waals surface area (Å²) in [6.07, 6.45) is 6.20. The van der Waals surface area contributed by atoms with Gasteiger partial charge in [0.1, 0.15) is 0 Å². The van der Waals surface area contributed by atoms with Crippen LogP contribution in [0.5, 0.6) is 0 Å². The number of nitrogens with one attached hydrogen (secondary N) is 1. The lowest BCUT2D eigenvalue weighted by molar-refractivity contribution is -0.140. The van der Waals surface area contributed by atoms with E-state index < -0.39 is 0 Å². The van der Waals surface area contributed by atoms with E-state index in [9.17, 15) is 9.59 Å². The lowest BCUT2D eigenvalue weighted by Gasteiger charge is -2.03. The zero-order valence-electron chi connectivity index (χ0n) is 13.9. The quantitative estimate of drug-likeness (QED) is 0.527. The number of rotatable bonds is 10. The first kappa shape index (κ1) is 18.7. The van der Waals surface area contributed by atoms with Crippen molar-refractivity contribution in [3.63, 3.8) is 0 Å². The molecule has 0 unspecified atom stereocenters. The Kier molecular flexibility index (Phi) is 8.82. The van der Waals surface area contributed by atoms with E-state index >= 15 is 0 Å². The highest BCUT2D eigenvalue weighted by Crippen LogP contribution is 2.24. The van der Waals surface area contributed by atoms with Crippen molar-refractivity contribution in [3.05, 3.63) is 21.4 Å². The second-order valence-electron chi connectivity index (χ2n) is 5.31. The van der Waals surface area contributed by atoms with Gasteiger partial charge in [-0.25, -0.2) is 0 Å². The first-order valence-electron chi connectivity index (χ1n) is 8.08. The normalized spacial score (nSPS) is 10.5. The fraction of sp³-hybridized carbons (Fsp3) is 0.647. The summed E-state index contributed by atoms with van der Waals surface area (Å²) in [6, 6.07) is 2.03. The van der Waals surface area contributed by atoms with E-state index in [-0.39, 0.29) is 11.9 Å². The number of carbonyl (C=O) groups is 2. The van der Waals surface area contributed by atoms with Crippen LogP contribution in [0.2, 0.25) is 0 Å². The first-order chi connectivity index (χ1) is 10.6. The van der Waals surface area contributed by atoms with E-state index in [4.69, 9.17) is 0 Å². The van der Waals surface area contributed by atoms with Gasteiger partial charge in [-0.3, -0.25) is 9.59 Å². The van der Waals surface area contributed by atoms with Crippen molar-refractivity contribution < 1.29 is 14.3 Å². The SMILES string of the molecule is CCCc1sc(C(=O)NCCCCCC(=O)OC)cc1CC. The summed E-state index contributed by atoms with van der Waals surface area (Å²) in [5, 5.41) is 2.96. The van der Waals surface area contributed by atoms with Gasteiger partial charge in [0.15, 0.2) is 0 Å². The van der Waals surface area contributed by atoms with Crippen molar-refractivity contribution in [2.75, 3.05) is 13.7 Å². The molecule has 5 heteroatoms. The van der Waals surface area contributed by atoms with Gasteiger partial charge < -0.3 is 10.1 Å². The molecule has 1 amide bonds. The van der Waals surface area contributed by atoms with Gasteiger partial charge in [0.2, 0.25) is 0 Å². The van der Waals surface area contributed by atoms with E-state index in [1.54, 1.807) is 11.3 Å². The minimum absolute atomic E-state index is 0.0232. The number of ether oxygens (including phenoxy) is 1. The van der Waals surface area contributed by atoms with Crippen LogP contribution in [0.15, 0.2) is 6.07 Å². The molecule has 4 nitrogen and oxygen atoms in total. The number of esters is 1. The maximum absolute atomic E-state index is 12.1. The van der Waals surface area contributed by atoms with Gasteiger partial charge in [-0.2, -0.15) is 0 Å². The fourth-order valence-electron chi connectivity index (χ4n) is 2.28. The predicted molar refractivity (Wildman–Crippen MR) is 90.5 cm³/mol. The van der Waals surface area contributed by atoms with Crippen LogP contribution in [0.1, 0.15) is 66.1 Å². The second kappa shape index (κ2) is 10.4. The smallest absolute Gasteiger partial charge is 0.305 e. The monoisotopic (exact) mass is 325 g/mol. The Morgan fingerprint density at radius 1 is 1.23 bits per heavy atom. The molecule has 1 aromatic heterocycles. The van der Waals surface area contributed by atoms with Gasteiger partial charge >= 0.3 is 5.97 Å². The van der Waals surface area contributed by atoms with Crippen molar-refractivity contribution in [1.82, 2.24) is 5.32 Å². The number of hydrogen-bond donors (Lipinski definition) is 1. The molecule has 1 rings (SSSR count). The predicted octanol–water partition coefficient (Wildman–Crippen LogP) is 3.73. The zero-order chi connectivity index (χ0) is 16.4. The molecule has 0 bridgehead atoms. The number of unbranched alkanes of at least 4 members (excludes halogenated alkanes) is 2. The van der Waals surface area contributed by atoms with Gasteiger partial charge in [-0.05, 0) is 37.3 Å². The van der Waals surface area contributed by atoms with Crippen LogP contribution in [0.25, 0.3) is 0 Å². The Morgan fingerprint density at radius 2 is 2.00 bits per heavy atom. The van der Waals surface area contributed by atoms with E-state index in [0.717, 1.165) is 43.4 Å². The lowest BCUT2D eigenvalue weighted by atomic mass is 10.1. The number of hydrogen-bond acceptors (Lipinski definition) is 4. The van der Waals surface area contributed by atoms with Crippen molar-refractivity contribution >= 4 is 23.2 Å². The van der Waals surface area contributed by atoms with E-state index in [1.165, 1.54) is 17.6 Å². The van der Waals surface area contributed by atoms with Gasteiger partial charge in [0.05, 0.1) is 12.0 Å². The van der Waals surface area contributed by atoms with Crippen molar-refractivity contribution in [2.24, 2.45) is 0 Å². The van der Waals surface area contributed by atoms with Crippen molar-refractivity contribution in [2.45, 2.75) is 58.8 Å². The zero-order valence-corrected chi connectivity index (χ0v) is 14.7. The summed E-state index contributed by atoms with van der Waals surface area (Å²) in [5.41, 5.74) is 1.30. The van der Waals surface area contributed by atoms with Crippen LogP contribution in [-0.4, -0.2) is 25.5 Å². The van der Waals surface area contributed by atoms with Gasteiger partial charge in [0.25, 0.3) is 5.91 Å². The molecule has 0 radical (unpaired) electrons. The molecule has 0 aromatic carbocycles. The number of methoxy groups -OCH3 is 1. The molecule has 0 atom stereocenters. The number of aryl methyl sites for hydroxylation is 2. The topological polar surface area (TPSA) is 55.4 Å². The molecule has 22 heavy (non-hydrogen) atoms. The molecular formula is C17H27NO3S. The molecule has 0 spiro atoms. The van der Waals surface area contributed by atoms with E-state index in [0.29, 0.717) is 13.0 Å². The molecule has 1 N–H and O–H groups in total. The van der Waals surface area contributed by atoms with Crippen molar-refractivity contribution in [3.8, 4) is 0 Å². The van der Waals surface area contributed by atoms with Crippen LogP contribution >= 0.6 is 11.3 Å². The number of amides is 1. The molecule has 0 saturated heterocycles. The Labute approximate surface area is 137 Å². The molecule has 1 heterocycles. The van der Waals surface area contributed by atoms with Crippen LogP contribution in [-0.2, 0) is 22.4 Å². The van der Waals surface area contributed by atoms with Gasteiger partial charge in [-0.15, -0.1) is 11.3 Å². The largest absolute Gasteiger partial charge is 0.469 e.